The Morgan fingerprint density at radius 1 is 1.25 bits per heavy atom. The maximum atomic E-state index is 12.9. The van der Waals surface area contributed by atoms with Crippen molar-refractivity contribution in [1.82, 2.24) is 23.5 Å². The maximum absolute atomic E-state index is 12.9. The molecular formula is C18H30N6O3S. The number of hydrogen-bond donors (Lipinski definition) is 1. The van der Waals surface area contributed by atoms with Gasteiger partial charge in [0.05, 0.1) is 5.69 Å². The molecule has 0 unspecified atom stereocenters. The molecule has 0 spiro atoms. The van der Waals surface area contributed by atoms with Crippen LogP contribution in [0.25, 0.3) is 0 Å². The van der Waals surface area contributed by atoms with Crippen LogP contribution in [0.1, 0.15) is 50.2 Å². The van der Waals surface area contributed by atoms with Gasteiger partial charge in [-0.05, 0) is 6.42 Å². The normalized spacial score (nSPS) is 20.5. The summed E-state index contributed by atoms with van der Waals surface area (Å²) in [4.78, 5) is 22.9. The van der Waals surface area contributed by atoms with Crippen LogP contribution >= 0.6 is 0 Å². The zero-order chi connectivity index (χ0) is 20.5. The van der Waals surface area contributed by atoms with Gasteiger partial charge < -0.3 is 10.2 Å². The second kappa shape index (κ2) is 8.30. The van der Waals surface area contributed by atoms with E-state index >= 15 is 0 Å². The Hall–Kier alpha value is -1.78. The van der Waals surface area contributed by atoms with Gasteiger partial charge in [-0.15, -0.1) is 0 Å². The molecule has 1 aromatic rings. The van der Waals surface area contributed by atoms with Crippen LogP contribution in [0.5, 0.6) is 0 Å². The first-order valence-corrected chi connectivity index (χ1v) is 11.3. The van der Waals surface area contributed by atoms with Gasteiger partial charge in [0.15, 0.2) is 0 Å². The highest BCUT2D eigenvalue weighted by Gasteiger charge is 2.34. The van der Waals surface area contributed by atoms with Crippen LogP contribution in [0.3, 0.4) is 0 Å². The van der Waals surface area contributed by atoms with E-state index in [9.17, 15) is 13.2 Å². The summed E-state index contributed by atoms with van der Waals surface area (Å²) in [6.07, 6.45) is 1.41. The number of anilines is 1. The summed E-state index contributed by atoms with van der Waals surface area (Å²) < 4.78 is 28.8. The van der Waals surface area contributed by atoms with Gasteiger partial charge in [-0.2, -0.15) is 17.0 Å². The highest BCUT2D eigenvalue weighted by molar-refractivity contribution is 7.86. The molecule has 9 nitrogen and oxygen atoms in total. The summed E-state index contributed by atoms with van der Waals surface area (Å²) in [5.74, 6) is 1.62. The first-order valence-electron chi connectivity index (χ1n) is 9.89. The lowest BCUT2D eigenvalue weighted by Crippen LogP contribution is -2.46. The van der Waals surface area contributed by atoms with Crippen molar-refractivity contribution in [2.45, 2.75) is 46.1 Å². The Labute approximate surface area is 167 Å². The Morgan fingerprint density at radius 3 is 2.54 bits per heavy atom. The Morgan fingerprint density at radius 2 is 1.96 bits per heavy atom. The number of carbonyl (C=O) groups is 1. The van der Waals surface area contributed by atoms with Gasteiger partial charge >= 0.3 is 0 Å². The van der Waals surface area contributed by atoms with Gasteiger partial charge in [0, 0.05) is 71.1 Å². The fourth-order valence-electron chi connectivity index (χ4n) is 3.96. The molecule has 0 bridgehead atoms. The summed E-state index contributed by atoms with van der Waals surface area (Å²) in [5, 5.41) is 3.12. The number of likely N-dealkylation sites (tertiary alicyclic amines) is 1. The van der Waals surface area contributed by atoms with Crippen molar-refractivity contribution in [3.63, 3.8) is 0 Å². The molecule has 10 heteroatoms. The first-order chi connectivity index (χ1) is 13.3. The van der Waals surface area contributed by atoms with Crippen LogP contribution in [-0.2, 0) is 28.0 Å². The van der Waals surface area contributed by atoms with Gasteiger partial charge in [0.2, 0.25) is 5.91 Å². The third-order valence-corrected chi connectivity index (χ3v) is 7.77. The molecule has 1 atom stereocenters. The van der Waals surface area contributed by atoms with Crippen LogP contribution in [-0.4, -0.2) is 77.6 Å². The van der Waals surface area contributed by atoms with E-state index in [1.807, 2.05) is 18.7 Å². The summed E-state index contributed by atoms with van der Waals surface area (Å²) in [5.41, 5.74) is 1.75. The minimum atomic E-state index is -3.50. The van der Waals surface area contributed by atoms with E-state index in [2.05, 4.69) is 10.3 Å². The van der Waals surface area contributed by atoms with E-state index in [1.54, 1.807) is 14.0 Å². The molecule has 0 aliphatic carbocycles. The zero-order valence-corrected chi connectivity index (χ0v) is 17.9. The van der Waals surface area contributed by atoms with Gasteiger partial charge in [-0.3, -0.25) is 4.79 Å². The SMILES string of the molecule is CCN(CC)S(=O)(=O)N1CCc2nc([C@H]3CCN(C(C)=O)C3)nc(NC)c2C1. The van der Waals surface area contributed by atoms with Crippen molar-refractivity contribution in [1.29, 1.82) is 0 Å². The summed E-state index contributed by atoms with van der Waals surface area (Å²) in [6, 6.07) is 0. The summed E-state index contributed by atoms with van der Waals surface area (Å²) in [7, 11) is -1.70. The third kappa shape index (κ3) is 3.85. The number of aromatic nitrogens is 2. The number of rotatable bonds is 6. The lowest BCUT2D eigenvalue weighted by molar-refractivity contribution is -0.127. The quantitative estimate of drug-likeness (QED) is 0.745. The monoisotopic (exact) mass is 410 g/mol. The van der Waals surface area contributed by atoms with Gasteiger partial charge in [-0.25, -0.2) is 9.97 Å². The number of hydrogen-bond acceptors (Lipinski definition) is 6. The van der Waals surface area contributed by atoms with Crippen LogP contribution in [0.15, 0.2) is 0 Å². The van der Waals surface area contributed by atoms with Crippen molar-refractivity contribution < 1.29 is 13.2 Å². The summed E-state index contributed by atoms with van der Waals surface area (Å²) in [6.45, 7) is 8.23. The fraction of sp³-hybridized carbons (Fsp3) is 0.722. The molecule has 0 saturated carbocycles. The van der Waals surface area contributed by atoms with E-state index < -0.39 is 10.2 Å². The molecule has 3 heterocycles. The highest BCUT2D eigenvalue weighted by atomic mass is 32.2. The number of carbonyl (C=O) groups excluding carboxylic acids is 1. The molecular weight excluding hydrogens is 380 g/mol. The molecule has 3 rings (SSSR count). The van der Waals surface area contributed by atoms with Gasteiger partial charge in [0.25, 0.3) is 10.2 Å². The summed E-state index contributed by atoms with van der Waals surface area (Å²) >= 11 is 0. The van der Waals surface area contributed by atoms with Crippen molar-refractivity contribution in [3.05, 3.63) is 17.1 Å². The maximum Gasteiger partial charge on any atom is 0.282 e. The average molecular weight is 411 g/mol. The lowest BCUT2D eigenvalue weighted by atomic mass is 10.0. The minimum Gasteiger partial charge on any atom is -0.373 e. The largest absolute Gasteiger partial charge is 0.373 e. The van der Waals surface area contributed by atoms with Gasteiger partial charge in [0.1, 0.15) is 11.6 Å². The molecule has 1 N–H and O–H groups in total. The van der Waals surface area contributed by atoms with Gasteiger partial charge in [-0.1, -0.05) is 13.8 Å². The number of nitrogens with zero attached hydrogens (tertiary/aromatic N) is 5. The molecule has 2 aliphatic heterocycles. The third-order valence-electron chi connectivity index (χ3n) is 5.64. The molecule has 156 valence electrons. The van der Waals surface area contributed by atoms with Crippen LogP contribution in [0.2, 0.25) is 0 Å². The molecule has 28 heavy (non-hydrogen) atoms. The Kier molecular flexibility index (Phi) is 6.21. The fourth-order valence-corrected chi connectivity index (χ4v) is 5.56. The lowest BCUT2D eigenvalue weighted by Gasteiger charge is -2.32. The smallest absolute Gasteiger partial charge is 0.282 e. The Balaban J connectivity index is 1.87. The minimum absolute atomic E-state index is 0.0755. The standard InChI is InChI=1S/C18H30N6O3S/c1-5-23(6-2)28(26,27)24-10-8-16-15(12-24)18(19-4)21-17(20-16)14-7-9-22(11-14)13(3)25/h14H,5-12H2,1-4H3,(H,19,20,21)/t14-/m0/s1. The van der Waals surface area contributed by atoms with E-state index in [-0.39, 0.29) is 18.4 Å². The number of nitrogens with one attached hydrogen (secondary N) is 1. The van der Waals surface area contributed by atoms with Crippen LogP contribution < -0.4 is 5.32 Å². The molecule has 1 amide bonds. The molecule has 1 fully saturated rings. The van der Waals surface area contributed by atoms with Crippen molar-refractivity contribution >= 4 is 21.9 Å². The van der Waals surface area contributed by atoms with Crippen molar-refractivity contribution in [3.8, 4) is 0 Å². The van der Waals surface area contributed by atoms with E-state index in [4.69, 9.17) is 4.98 Å². The topological polar surface area (TPSA) is 98.7 Å². The molecule has 1 aromatic heterocycles. The highest BCUT2D eigenvalue weighted by Crippen LogP contribution is 2.31. The molecule has 1 saturated heterocycles. The van der Waals surface area contributed by atoms with Crippen LogP contribution in [0.4, 0.5) is 5.82 Å². The second-order valence-corrected chi connectivity index (χ2v) is 9.16. The molecule has 2 aliphatic rings. The average Bonchev–Trinajstić information content (AvgIpc) is 3.18. The van der Waals surface area contributed by atoms with E-state index in [0.29, 0.717) is 38.4 Å². The number of amides is 1. The van der Waals surface area contributed by atoms with E-state index in [1.165, 1.54) is 8.61 Å². The Bertz CT molecular complexity index is 823. The zero-order valence-electron chi connectivity index (χ0n) is 17.1. The van der Waals surface area contributed by atoms with Crippen molar-refractivity contribution in [2.24, 2.45) is 0 Å². The molecule has 0 radical (unpaired) electrons. The molecule has 0 aromatic carbocycles. The predicted octanol–water partition coefficient (Wildman–Crippen LogP) is 0.799. The van der Waals surface area contributed by atoms with Crippen LogP contribution in [0, 0.1) is 0 Å². The second-order valence-electron chi connectivity index (χ2n) is 7.23. The van der Waals surface area contributed by atoms with E-state index in [0.717, 1.165) is 30.0 Å². The first kappa shape index (κ1) is 20.9. The van der Waals surface area contributed by atoms with Crippen molar-refractivity contribution in [2.75, 3.05) is 45.1 Å². The number of fused-ring (bicyclic) bond motifs is 1. The predicted molar refractivity (Wildman–Crippen MR) is 107 cm³/mol.